The molecule has 0 saturated carbocycles. The van der Waals surface area contributed by atoms with Crippen molar-refractivity contribution < 1.29 is 14.3 Å². The van der Waals surface area contributed by atoms with Gasteiger partial charge in [0, 0.05) is 45.2 Å². The van der Waals surface area contributed by atoms with E-state index in [4.69, 9.17) is 9.47 Å². The Bertz CT molecular complexity index is 742. The number of benzene rings is 1. The van der Waals surface area contributed by atoms with Crippen molar-refractivity contribution in [3.8, 4) is 11.1 Å². The largest absolute Gasteiger partial charge is 0.444 e. The first-order valence-electron chi connectivity index (χ1n) is 8.87. The van der Waals surface area contributed by atoms with E-state index in [1.165, 1.54) is 0 Å². The van der Waals surface area contributed by atoms with Crippen molar-refractivity contribution in [3.05, 3.63) is 42.2 Å². The lowest BCUT2D eigenvalue weighted by Crippen LogP contribution is -2.32. The van der Waals surface area contributed by atoms with Crippen molar-refractivity contribution in [2.45, 2.75) is 32.9 Å². The molecule has 7 nitrogen and oxygen atoms in total. The van der Waals surface area contributed by atoms with Crippen molar-refractivity contribution in [2.75, 3.05) is 32.2 Å². The molecule has 0 atom stereocenters. The van der Waals surface area contributed by atoms with Gasteiger partial charge in [0.15, 0.2) is 0 Å². The summed E-state index contributed by atoms with van der Waals surface area (Å²) in [5.74, 6) is 0.651. The fourth-order valence-electron chi connectivity index (χ4n) is 2.34. The number of hydrogen-bond donors (Lipinski definition) is 1. The molecule has 0 aliphatic rings. The monoisotopic (exact) mass is 372 g/mol. The molecule has 0 radical (unpaired) electrons. The number of ether oxygens (including phenoxy) is 2. The van der Waals surface area contributed by atoms with Crippen LogP contribution in [0.2, 0.25) is 0 Å². The zero-order chi connectivity index (χ0) is 19.9. The van der Waals surface area contributed by atoms with Crippen LogP contribution < -0.4 is 10.2 Å². The normalized spacial score (nSPS) is 11.1. The molecule has 146 valence electrons. The van der Waals surface area contributed by atoms with E-state index in [0.29, 0.717) is 19.1 Å². The second kappa shape index (κ2) is 9.32. The number of hydrogen-bond acceptors (Lipinski definition) is 6. The molecule has 0 aliphatic carbocycles. The Hall–Kier alpha value is -2.67. The summed E-state index contributed by atoms with van der Waals surface area (Å²) in [4.78, 5) is 22.6. The molecule has 2 rings (SSSR count). The van der Waals surface area contributed by atoms with Gasteiger partial charge in [-0.05, 0) is 38.0 Å². The van der Waals surface area contributed by atoms with E-state index in [0.717, 1.165) is 23.2 Å². The number of anilines is 1. The zero-order valence-corrected chi connectivity index (χ0v) is 16.7. The number of nitrogens with zero attached hydrogens (tertiary/aromatic N) is 3. The SMILES string of the molecule is COCCN(C)c1ncc(-c2cccc(CNC(=O)OC(C)(C)C)c2)cn1. The fourth-order valence-corrected chi connectivity index (χ4v) is 2.34. The fraction of sp³-hybridized carbons (Fsp3) is 0.450. The summed E-state index contributed by atoms with van der Waals surface area (Å²) < 4.78 is 10.3. The van der Waals surface area contributed by atoms with Crippen LogP contribution in [0.5, 0.6) is 0 Å². The van der Waals surface area contributed by atoms with Gasteiger partial charge >= 0.3 is 6.09 Å². The molecule has 0 spiro atoms. The van der Waals surface area contributed by atoms with Gasteiger partial charge in [-0.3, -0.25) is 0 Å². The number of likely N-dealkylation sites (N-methyl/N-ethyl adjacent to an activating group) is 1. The third kappa shape index (κ3) is 6.86. The van der Waals surface area contributed by atoms with Crippen LogP contribution in [0.25, 0.3) is 11.1 Å². The molecule has 1 aromatic heterocycles. The van der Waals surface area contributed by atoms with Crippen LogP contribution >= 0.6 is 0 Å². The Morgan fingerprint density at radius 3 is 2.52 bits per heavy atom. The average Bonchev–Trinajstić information content (AvgIpc) is 2.63. The van der Waals surface area contributed by atoms with Crippen LogP contribution in [0.4, 0.5) is 10.7 Å². The Morgan fingerprint density at radius 2 is 1.89 bits per heavy atom. The number of aromatic nitrogens is 2. The number of rotatable bonds is 7. The molecule has 1 aromatic carbocycles. The van der Waals surface area contributed by atoms with Gasteiger partial charge in [0.25, 0.3) is 0 Å². The second-order valence-electron chi connectivity index (χ2n) is 7.24. The van der Waals surface area contributed by atoms with Crippen LogP contribution in [-0.2, 0) is 16.0 Å². The lowest BCUT2D eigenvalue weighted by molar-refractivity contribution is 0.0523. The van der Waals surface area contributed by atoms with Gasteiger partial charge in [-0.15, -0.1) is 0 Å². The van der Waals surface area contributed by atoms with E-state index in [9.17, 15) is 4.79 Å². The van der Waals surface area contributed by atoms with E-state index in [1.54, 1.807) is 19.5 Å². The van der Waals surface area contributed by atoms with Crippen molar-refractivity contribution in [3.63, 3.8) is 0 Å². The van der Waals surface area contributed by atoms with E-state index in [-0.39, 0.29) is 0 Å². The Labute approximate surface area is 160 Å². The Kier molecular flexibility index (Phi) is 7.12. The van der Waals surface area contributed by atoms with Gasteiger partial charge < -0.3 is 19.7 Å². The predicted octanol–water partition coefficient (Wildman–Crippen LogP) is 3.25. The molecule has 1 heterocycles. The van der Waals surface area contributed by atoms with E-state index in [1.807, 2.05) is 57.0 Å². The minimum atomic E-state index is -0.512. The van der Waals surface area contributed by atoms with Crippen LogP contribution in [0.1, 0.15) is 26.3 Å². The summed E-state index contributed by atoms with van der Waals surface area (Å²) in [7, 11) is 3.60. The van der Waals surface area contributed by atoms with Gasteiger partial charge in [0.1, 0.15) is 5.60 Å². The maximum absolute atomic E-state index is 11.8. The molecule has 1 N–H and O–H groups in total. The summed E-state index contributed by atoms with van der Waals surface area (Å²) in [6, 6.07) is 7.89. The third-order valence-electron chi connectivity index (χ3n) is 3.71. The first kappa shape index (κ1) is 20.6. The van der Waals surface area contributed by atoms with Gasteiger partial charge in [-0.1, -0.05) is 18.2 Å². The lowest BCUT2D eigenvalue weighted by atomic mass is 10.1. The quantitative estimate of drug-likeness (QED) is 0.804. The summed E-state index contributed by atoms with van der Waals surface area (Å²) in [5, 5.41) is 2.77. The molecule has 0 fully saturated rings. The summed E-state index contributed by atoms with van der Waals surface area (Å²) in [6.45, 7) is 7.24. The molecular formula is C20H28N4O3. The maximum Gasteiger partial charge on any atom is 0.407 e. The van der Waals surface area contributed by atoms with Crippen LogP contribution in [0, 0.1) is 0 Å². The zero-order valence-electron chi connectivity index (χ0n) is 16.7. The molecule has 0 bridgehead atoms. The third-order valence-corrected chi connectivity index (χ3v) is 3.71. The van der Waals surface area contributed by atoms with Crippen LogP contribution in [0.3, 0.4) is 0 Å². The number of methoxy groups -OCH3 is 1. The molecular weight excluding hydrogens is 344 g/mol. The number of carbonyl (C=O) groups is 1. The van der Waals surface area contributed by atoms with Crippen molar-refractivity contribution in [1.82, 2.24) is 15.3 Å². The van der Waals surface area contributed by atoms with Gasteiger partial charge in [0.05, 0.1) is 6.61 Å². The van der Waals surface area contributed by atoms with Crippen molar-refractivity contribution in [2.24, 2.45) is 0 Å². The Balaban J connectivity index is 2.01. The Morgan fingerprint density at radius 1 is 1.19 bits per heavy atom. The molecule has 0 unspecified atom stereocenters. The van der Waals surface area contributed by atoms with Crippen molar-refractivity contribution >= 4 is 12.0 Å². The number of amides is 1. The average molecular weight is 372 g/mol. The van der Waals surface area contributed by atoms with Gasteiger partial charge in [-0.2, -0.15) is 0 Å². The van der Waals surface area contributed by atoms with E-state index >= 15 is 0 Å². The topological polar surface area (TPSA) is 76.6 Å². The van der Waals surface area contributed by atoms with E-state index in [2.05, 4.69) is 15.3 Å². The first-order chi connectivity index (χ1) is 12.8. The van der Waals surface area contributed by atoms with E-state index < -0.39 is 11.7 Å². The molecule has 0 saturated heterocycles. The van der Waals surface area contributed by atoms with Gasteiger partial charge in [-0.25, -0.2) is 14.8 Å². The van der Waals surface area contributed by atoms with Crippen molar-refractivity contribution in [1.29, 1.82) is 0 Å². The smallest absolute Gasteiger partial charge is 0.407 e. The van der Waals surface area contributed by atoms with Gasteiger partial charge in [0.2, 0.25) is 5.95 Å². The maximum atomic E-state index is 11.8. The number of carbonyl (C=O) groups excluding carboxylic acids is 1. The standard InChI is InChI=1S/C20H28N4O3/c1-20(2,3)27-19(25)23-12-15-7-6-8-16(11-15)17-13-21-18(22-14-17)24(4)9-10-26-5/h6-8,11,13-14H,9-10,12H2,1-5H3,(H,23,25). The molecule has 0 aliphatic heterocycles. The highest BCUT2D eigenvalue weighted by Gasteiger charge is 2.15. The van der Waals surface area contributed by atoms with Crippen LogP contribution in [-0.4, -0.2) is 49.0 Å². The highest BCUT2D eigenvalue weighted by Crippen LogP contribution is 2.20. The summed E-state index contributed by atoms with van der Waals surface area (Å²) in [6.07, 6.45) is 3.16. The summed E-state index contributed by atoms with van der Waals surface area (Å²) >= 11 is 0. The molecule has 1 amide bonds. The highest BCUT2D eigenvalue weighted by molar-refractivity contribution is 5.68. The highest BCUT2D eigenvalue weighted by atomic mass is 16.6. The molecule has 27 heavy (non-hydrogen) atoms. The second-order valence-corrected chi connectivity index (χ2v) is 7.24. The summed E-state index contributed by atoms with van der Waals surface area (Å²) in [5.41, 5.74) is 2.36. The number of alkyl carbamates (subject to hydrolysis) is 1. The van der Waals surface area contributed by atoms with Crippen LogP contribution in [0.15, 0.2) is 36.7 Å². The first-order valence-corrected chi connectivity index (χ1v) is 8.87. The predicted molar refractivity (Wildman–Crippen MR) is 106 cm³/mol. The minimum Gasteiger partial charge on any atom is -0.444 e. The minimum absolute atomic E-state index is 0.390. The lowest BCUT2D eigenvalue weighted by Gasteiger charge is -2.19. The molecule has 2 aromatic rings. The number of nitrogens with one attached hydrogen (secondary N) is 1. The molecule has 7 heteroatoms.